The van der Waals surface area contributed by atoms with E-state index in [2.05, 4.69) is 28.2 Å². The second-order valence-corrected chi connectivity index (χ2v) is 6.07. The summed E-state index contributed by atoms with van der Waals surface area (Å²) in [4.78, 5) is 7.69. The molecule has 0 aliphatic rings. The molecule has 0 atom stereocenters. The third kappa shape index (κ3) is 3.16. The zero-order chi connectivity index (χ0) is 17.2. The van der Waals surface area contributed by atoms with Gasteiger partial charge in [-0.1, -0.05) is 42.5 Å². The maximum absolute atomic E-state index is 14.2. The number of nitrogens with one attached hydrogen (secondary N) is 1. The first-order valence-electron chi connectivity index (χ1n) is 8.15. The van der Waals surface area contributed by atoms with Gasteiger partial charge in [-0.3, -0.25) is 0 Å². The van der Waals surface area contributed by atoms with Gasteiger partial charge in [-0.15, -0.1) is 0 Å². The van der Waals surface area contributed by atoms with Gasteiger partial charge >= 0.3 is 0 Å². The molecule has 0 fully saturated rings. The highest BCUT2D eigenvalue weighted by Gasteiger charge is 2.11. The van der Waals surface area contributed by atoms with Gasteiger partial charge in [-0.2, -0.15) is 0 Å². The first kappa shape index (κ1) is 15.5. The van der Waals surface area contributed by atoms with E-state index in [1.807, 2.05) is 30.3 Å². The molecule has 0 saturated heterocycles. The van der Waals surface area contributed by atoms with Crippen molar-refractivity contribution in [2.75, 3.05) is 0 Å². The smallest absolute Gasteiger partial charge is 0.141 e. The molecule has 124 valence electrons. The van der Waals surface area contributed by atoms with Gasteiger partial charge in [0.2, 0.25) is 0 Å². The maximum Gasteiger partial charge on any atom is 0.141 e. The lowest BCUT2D eigenvalue weighted by atomic mass is 10.0. The predicted octanol–water partition coefficient (Wildman–Crippen LogP) is 4.45. The van der Waals surface area contributed by atoms with E-state index in [1.54, 1.807) is 12.1 Å². The van der Waals surface area contributed by atoms with Crippen molar-refractivity contribution in [2.45, 2.75) is 13.0 Å². The molecule has 4 heteroatoms. The quantitative estimate of drug-likeness (QED) is 0.580. The average Bonchev–Trinajstić information content (AvgIpc) is 3.05. The summed E-state index contributed by atoms with van der Waals surface area (Å²) in [6, 6.07) is 21.0. The number of aromatic nitrogens is 2. The maximum atomic E-state index is 14.2. The lowest BCUT2D eigenvalue weighted by Crippen LogP contribution is -1.90. The summed E-state index contributed by atoms with van der Waals surface area (Å²) in [5.74, 6) is 0.101. The molecule has 4 aromatic rings. The summed E-state index contributed by atoms with van der Waals surface area (Å²) >= 11 is 0. The van der Waals surface area contributed by atoms with Gasteiger partial charge < -0.3 is 10.1 Å². The molecule has 0 aliphatic heterocycles. The molecule has 0 unspecified atom stereocenters. The summed E-state index contributed by atoms with van der Waals surface area (Å²) in [6.45, 7) is -0.180. The first-order valence-corrected chi connectivity index (χ1v) is 8.15. The summed E-state index contributed by atoms with van der Waals surface area (Å²) in [5.41, 5.74) is 5.05. The van der Waals surface area contributed by atoms with Crippen LogP contribution in [0.25, 0.3) is 22.4 Å². The SMILES string of the molecule is OCc1ccc(-c2nc3ccc(Cc4ccccc4)cc3[nH]2)c(F)c1. The molecule has 25 heavy (non-hydrogen) atoms. The second kappa shape index (κ2) is 6.49. The number of aliphatic hydroxyl groups is 1. The van der Waals surface area contributed by atoms with Crippen LogP contribution in [-0.2, 0) is 13.0 Å². The molecular formula is C21H17FN2O. The van der Waals surface area contributed by atoms with E-state index in [4.69, 9.17) is 5.11 Å². The highest BCUT2D eigenvalue weighted by atomic mass is 19.1. The van der Waals surface area contributed by atoms with Gasteiger partial charge in [0.15, 0.2) is 0 Å². The number of H-pyrrole nitrogens is 1. The molecule has 0 spiro atoms. The molecule has 2 N–H and O–H groups in total. The number of aliphatic hydroxyl groups excluding tert-OH is 1. The van der Waals surface area contributed by atoms with E-state index in [1.165, 1.54) is 17.2 Å². The van der Waals surface area contributed by atoms with Gasteiger partial charge in [0, 0.05) is 0 Å². The van der Waals surface area contributed by atoms with Gasteiger partial charge in [-0.25, -0.2) is 9.37 Å². The Hall–Kier alpha value is -2.98. The van der Waals surface area contributed by atoms with Crippen LogP contribution >= 0.6 is 0 Å². The Morgan fingerprint density at radius 2 is 1.68 bits per heavy atom. The van der Waals surface area contributed by atoms with Crippen LogP contribution in [0, 0.1) is 5.82 Å². The fourth-order valence-corrected chi connectivity index (χ4v) is 2.97. The Labute approximate surface area is 144 Å². The largest absolute Gasteiger partial charge is 0.392 e. The Morgan fingerprint density at radius 1 is 0.880 bits per heavy atom. The third-order valence-electron chi connectivity index (χ3n) is 4.27. The Kier molecular flexibility index (Phi) is 4.04. The number of hydrogen-bond donors (Lipinski definition) is 2. The fourth-order valence-electron chi connectivity index (χ4n) is 2.97. The molecule has 1 aromatic heterocycles. The second-order valence-electron chi connectivity index (χ2n) is 6.07. The minimum absolute atomic E-state index is 0.180. The van der Waals surface area contributed by atoms with Crippen LogP contribution < -0.4 is 0 Å². The predicted molar refractivity (Wildman–Crippen MR) is 96.7 cm³/mol. The third-order valence-corrected chi connectivity index (χ3v) is 4.27. The van der Waals surface area contributed by atoms with Crippen LogP contribution in [0.15, 0.2) is 66.7 Å². The number of halogens is 1. The summed E-state index contributed by atoms with van der Waals surface area (Å²) in [6.07, 6.45) is 0.838. The Morgan fingerprint density at radius 3 is 2.44 bits per heavy atom. The van der Waals surface area contributed by atoms with E-state index >= 15 is 0 Å². The molecule has 0 saturated carbocycles. The number of benzene rings is 3. The van der Waals surface area contributed by atoms with E-state index < -0.39 is 5.82 Å². The first-order chi connectivity index (χ1) is 12.2. The van der Waals surface area contributed by atoms with E-state index in [0.29, 0.717) is 17.0 Å². The van der Waals surface area contributed by atoms with Crippen molar-refractivity contribution in [3.8, 4) is 11.4 Å². The molecule has 3 aromatic carbocycles. The van der Waals surface area contributed by atoms with E-state index in [0.717, 1.165) is 17.5 Å². The molecule has 0 aliphatic carbocycles. The normalized spacial score (nSPS) is 11.1. The minimum atomic E-state index is -0.393. The van der Waals surface area contributed by atoms with Crippen molar-refractivity contribution >= 4 is 11.0 Å². The summed E-state index contributed by atoms with van der Waals surface area (Å²) in [5, 5.41) is 9.10. The van der Waals surface area contributed by atoms with Crippen molar-refractivity contribution in [1.82, 2.24) is 9.97 Å². The number of rotatable bonds is 4. The summed E-state index contributed by atoms with van der Waals surface area (Å²) in [7, 11) is 0. The molecule has 0 bridgehead atoms. The van der Waals surface area contributed by atoms with Crippen LogP contribution in [0.4, 0.5) is 4.39 Å². The van der Waals surface area contributed by atoms with E-state index in [9.17, 15) is 4.39 Å². The topological polar surface area (TPSA) is 48.9 Å². The standard InChI is InChI=1S/C21H17FN2O/c22-18-11-16(13-25)6-8-17(18)21-23-19-9-7-15(12-20(19)24-21)10-14-4-2-1-3-5-14/h1-9,11-12,25H,10,13H2,(H,23,24). The summed E-state index contributed by atoms with van der Waals surface area (Å²) < 4.78 is 14.2. The molecule has 0 radical (unpaired) electrons. The van der Waals surface area contributed by atoms with Crippen LogP contribution in [-0.4, -0.2) is 15.1 Å². The zero-order valence-electron chi connectivity index (χ0n) is 13.5. The van der Waals surface area contributed by atoms with Crippen molar-refractivity contribution in [3.63, 3.8) is 0 Å². The van der Waals surface area contributed by atoms with Crippen LogP contribution in [0.5, 0.6) is 0 Å². The molecule has 0 amide bonds. The number of nitrogens with zero attached hydrogens (tertiary/aromatic N) is 1. The van der Waals surface area contributed by atoms with Gasteiger partial charge in [0.05, 0.1) is 23.2 Å². The lowest BCUT2D eigenvalue weighted by molar-refractivity contribution is 0.281. The highest BCUT2D eigenvalue weighted by Crippen LogP contribution is 2.25. The molecule has 4 rings (SSSR count). The Bertz CT molecular complexity index is 1020. The number of fused-ring (bicyclic) bond motifs is 1. The number of hydrogen-bond acceptors (Lipinski definition) is 2. The zero-order valence-corrected chi connectivity index (χ0v) is 13.5. The minimum Gasteiger partial charge on any atom is -0.392 e. The van der Waals surface area contributed by atoms with Crippen molar-refractivity contribution in [1.29, 1.82) is 0 Å². The number of aromatic amines is 1. The average molecular weight is 332 g/mol. The van der Waals surface area contributed by atoms with Crippen molar-refractivity contribution in [2.24, 2.45) is 0 Å². The van der Waals surface area contributed by atoms with Crippen LogP contribution in [0.1, 0.15) is 16.7 Å². The highest BCUT2D eigenvalue weighted by molar-refractivity contribution is 5.80. The van der Waals surface area contributed by atoms with Crippen LogP contribution in [0.2, 0.25) is 0 Å². The monoisotopic (exact) mass is 332 g/mol. The van der Waals surface area contributed by atoms with E-state index in [-0.39, 0.29) is 6.61 Å². The van der Waals surface area contributed by atoms with Gasteiger partial charge in [0.25, 0.3) is 0 Å². The lowest BCUT2D eigenvalue weighted by Gasteiger charge is -2.02. The van der Waals surface area contributed by atoms with Gasteiger partial charge in [-0.05, 0) is 47.4 Å². The molecular weight excluding hydrogens is 315 g/mol. The fraction of sp³-hybridized carbons (Fsp3) is 0.0952. The Balaban J connectivity index is 1.69. The number of imidazole rings is 1. The van der Waals surface area contributed by atoms with Gasteiger partial charge in [0.1, 0.15) is 11.6 Å². The van der Waals surface area contributed by atoms with Crippen molar-refractivity contribution < 1.29 is 9.50 Å². The molecule has 1 heterocycles. The van der Waals surface area contributed by atoms with Crippen molar-refractivity contribution in [3.05, 3.63) is 89.2 Å². The van der Waals surface area contributed by atoms with Crippen LogP contribution in [0.3, 0.4) is 0 Å². The molecule has 3 nitrogen and oxygen atoms in total.